The molecule has 0 radical (unpaired) electrons. The Morgan fingerprint density at radius 3 is 3.17 bits per heavy atom. The number of aromatic nitrogens is 3. The molecule has 3 rings (SSSR count). The number of hydrogen-bond donors (Lipinski definition) is 1. The van der Waals surface area contributed by atoms with E-state index in [9.17, 15) is 0 Å². The molecule has 1 fully saturated rings. The van der Waals surface area contributed by atoms with Crippen molar-refractivity contribution in [1.29, 1.82) is 5.26 Å². The van der Waals surface area contributed by atoms with Crippen LogP contribution in [0.3, 0.4) is 0 Å². The summed E-state index contributed by atoms with van der Waals surface area (Å²) in [6.45, 7) is 6.26. The molecule has 2 aromatic rings. The quantitative estimate of drug-likeness (QED) is 0.843. The first-order valence-corrected chi connectivity index (χ1v) is 8.16. The molecule has 3 heterocycles. The van der Waals surface area contributed by atoms with Gasteiger partial charge in [0.1, 0.15) is 18.5 Å². The zero-order valence-corrected chi connectivity index (χ0v) is 14.2. The average molecular weight is 325 g/mol. The van der Waals surface area contributed by atoms with Crippen LogP contribution in [0.25, 0.3) is 11.0 Å². The Bertz CT molecular complexity index is 773. The van der Waals surface area contributed by atoms with Crippen molar-refractivity contribution < 1.29 is 0 Å². The smallest absolute Gasteiger partial charge is 0.155 e. The number of fused-ring (bicyclic) bond motifs is 1. The maximum Gasteiger partial charge on any atom is 0.155 e. The molecule has 1 aliphatic heterocycles. The molecule has 0 saturated carbocycles. The fourth-order valence-corrected chi connectivity index (χ4v) is 3.27. The first-order valence-electron chi connectivity index (χ1n) is 8.16. The summed E-state index contributed by atoms with van der Waals surface area (Å²) in [4.78, 5) is 8.85. The summed E-state index contributed by atoms with van der Waals surface area (Å²) in [6, 6.07) is 4.16. The minimum Gasteiger partial charge on any atom is -0.376 e. The van der Waals surface area contributed by atoms with Gasteiger partial charge in [-0.3, -0.25) is 5.01 Å². The number of nitrogens with zero attached hydrogens (tertiary/aromatic N) is 6. The van der Waals surface area contributed by atoms with Crippen LogP contribution >= 0.6 is 0 Å². The number of rotatable bonds is 5. The van der Waals surface area contributed by atoms with E-state index < -0.39 is 0 Å². The molecule has 1 unspecified atom stereocenters. The predicted molar refractivity (Wildman–Crippen MR) is 94.0 cm³/mol. The molecule has 1 N–H and O–H groups in total. The highest BCUT2D eigenvalue weighted by molar-refractivity contribution is 5.87. The van der Waals surface area contributed by atoms with Gasteiger partial charge < -0.3 is 9.88 Å². The van der Waals surface area contributed by atoms with Gasteiger partial charge in [0.25, 0.3) is 0 Å². The molecule has 1 atom stereocenters. The molecule has 1 aliphatic rings. The molecular weight excluding hydrogens is 302 g/mol. The molecule has 2 aromatic heterocycles. The minimum absolute atomic E-state index is 0.307. The van der Waals surface area contributed by atoms with Gasteiger partial charge in [-0.05, 0) is 18.9 Å². The molecule has 0 spiro atoms. The third-order valence-electron chi connectivity index (χ3n) is 4.66. The fourth-order valence-electron chi connectivity index (χ4n) is 3.27. The van der Waals surface area contributed by atoms with Crippen molar-refractivity contribution in [2.24, 2.45) is 13.0 Å². The second kappa shape index (κ2) is 6.89. The van der Waals surface area contributed by atoms with Crippen molar-refractivity contribution >= 4 is 16.9 Å². The minimum atomic E-state index is 0.307. The lowest BCUT2D eigenvalue weighted by atomic mass is 9.96. The second-order valence-electron chi connectivity index (χ2n) is 6.17. The Kier molecular flexibility index (Phi) is 4.67. The maximum atomic E-state index is 8.72. The number of hydrogen-bond acceptors (Lipinski definition) is 6. The maximum absolute atomic E-state index is 8.72. The highest BCUT2D eigenvalue weighted by Gasteiger charge is 2.26. The lowest BCUT2D eigenvalue weighted by Gasteiger charge is -2.39. The first kappa shape index (κ1) is 16.3. The SMILES string of the molecule is C=C(NCC#N)C1CCCN(N(C)c2ncnc3c2ccn3C)C1. The number of hydrazine groups is 1. The summed E-state index contributed by atoms with van der Waals surface area (Å²) in [7, 11) is 4.03. The van der Waals surface area contributed by atoms with E-state index in [0.717, 1.165) is 48.5 Å². The zero-order valence-electron chi connectivity index (χ0n) is 14.2. The van der Waals surface area contributed by atoms with Gasteiger partial charge in [0, 0.05) is 45.0 Å². The van der Waals surface area contributed by atoms with Crippen LogP contribution in [0.2, 0.25) is 0 Å². The molecule has 7 heteroatoms. The van der Waals surface area contributed by atoms with Gasteiger partial charge in [0.2, 0.25) is 0 Å². The Morgan fingerprint density at radius 1 is 1.54 bits per heavy atom. The fraction of sp³-hybridized carbons (Fsp3) is 0.471. The molecule has 7 nitrogen and oxygen atoms in total. The highest BCUT2D eigenvalue weighted by atomic mass is 15.6. The summed E-state index contributed by atoms with van der Waals surface area (Å²) in [5, 5.41) is 17.3. The van der Waals surface area contributed by atoms with Crippen molar-refractivity contribution in [2.45, 2.75) is 12.8 Å². The van der Waals surface area contributed by atoms with E-state index in [1.807, 2.05) is 24.9 Å². The van der Waals surface area contributed by atoms with E-state index in [2.05, 4.69) is 44.0 Å². The van der Waals surface area contributed by atoms with Crippen LogP contribution in [0.4, 0.5) is 5.82 Å². The summed E-state index contributed by atoms with van der Waals surface area (Å²) >= 11 is 0. The first-order chi connectivity index (χ1) is 11.6. The lowest BCUT2D eigenvalue weighted by Crippen LogP contribution is -2.47. The topological polar surface area (TPSA) is 73.0 Å². The van der Waals surface area contributed by atoms with Crippen LogP contribution in [0, 0.1) is 17.2 Å². The number of nitrogens with one attached hydrogen (secondary N) is 1. The normalized spacial score (nSPS) is 18.3. The third kappa shape index (κ3) is 3.05. The van der Waals surface area contributed by atoms with Crippen molar-refractivity contribution in [3.05, 3.63) is 30.9 Å². The monoisotopic (exact) mass is 325 g/mol. The highest BCUT2D eigenvalue weighted by Crippen LogP contribution is 2.27. The van der Waals surface area contributed by atoms with Gasteiger partial charge >= 0.3 is 0 Å². The van der Waals surface area contributed by atoms with Crippen LogP contribution in [0.5, 0.6) is 0 Å². The van der Waals surface area contributed by atoms with E-state index >= 15 is 0 Å². The standard InChI is InChI=1S/C17H23N7/c1-13(19-8-7-18)14-5-4-9-24(11-14)23(3)17-15-6-10-22(2)16(15)20-12-21-17/h6,10,12,14,19H,1,4-5,8-9,11H2,2-3H3. The van der Waals surface area contributed by atoms with E-state index in [4.69, 9.17) is 5.26 Å². The summed E-state index contributed by atoms with van der Waals surface area (Å²) in [5.74, 6) is 1.25. The summed E-state index contributed by atoms with van der Waals surface area (Å²) in [6.07, 6.45) is 5.80. The van der Waals surface area contributed by atoms with Gasteiger partial charge in [-0.15, -0.1) is 0 Å². The number of aryl methyl sites for hydroxylation is 1. The molecule has 0 aliphatic carbocycles. The molecule has 1 saturated heterocycles. The van der Waals surface area contributed by atoms with E-state index in [1.165, 1.54) is 0 Å². The number of nitriles is 1. The molecule has 0 amide bonds. The lowest BCUT2D eigenvalue weighted by molar-refractivity contribution is 0.180. The molecular formula is C17H23N7. The number of anilines is 1. The molecule has 126 valence electrons. The van der Waals surface area contributed by atoms with Crippen LogP contribution in [0.15, 0.2) is 30.9 Å². The van der Waals surface area contributed by atoms with Gasteiger partial charge in [0.05, 0.1) is 11.5 Å². The van der Waals surface area contributed by atoms with Crippen molar-refractivity contribution in [3.8, 4) is 6.07 Å². The predicted octanol–water partition coefficient (Wildman–Crippen LogP) is 1.66. The van der Waals surface area contributed by atoms with E-state index in [-0.39, 0.29) is 0 Å². The molecule has 24 heavy (non-hydrogen) atoms. The van der Waals surface area contributed by atoms with Gasteiger partial charge in [-0.2, -0.15) is 5.26 Å². The summed E-state index contributed by atoms with van der Waals surface area (Å²) in [5.41, 5.74) is 1.88. The van der Waals surface area contributed by atoms with Gasteiger partial charge in [-0.25, -0.2) is 15.0 Å². The van der Waals surface area contributed by atoms with Gasteiger partial charge in [0.15, 0.2) is 5.82 Å². The van der Waals surface area contributed by atoms with E-state index in [0.29, 0.717) is 12.5 Å². The number of piperidine rings is 1. The summed E-state index contributed by atoms with van der Waals surface area (Å²) < 4.78 is 2.00. The largest absolute Gasteiger partial charge is 0.376 e. The molecule has 0 aromatic carbocycles. The van der Waals surface area contributed by atoms with Crippen LogP contribution in [0.1, 0.15) is 12.8 Å². The van der Waals surface area contributed by atoms with E-state index in [1.54, 1.807) is 6.33 Å². The van der Waals surface area contributed by atoms with Crippen molar-refractivity contribution in [2.75, 3.05) is 31.7 Å². The average Bonchev–Trinajstić information content (AvgIpc) is 3.00. The van der Waals surface area contributed by atoms with Crippen molar-refractivity contribution in [1.82, 2.24) is 24.9 Å². The van der Waals surface area contributed by atoms with Crippen LogP contribution in [-0.2, 0) is 7.05 Å². The molecule has 0 bridgehead atoms. The van der Waals surface area contributed by atoms with Crippen LogP contribution < -0.4 is 10.3 Å². The van der Waals surface area contributed by atoms with Gasteiger partial charge in [-0.1, -0.05) is 6.58 Å². The van der Waals surface area contributed by atoms with Crippen molar-refractivity contribution in [3.63, 3.8) is 0 Å². The second-order valence-corrected chi connectivity index (χ2v) is 6.17. The Balaban J connectivity index is 1.77. The Labute approximate surface area is 142 Å². The third-order valence-corrected chi connectivity index (χ3v) is 4.66. The van der Waals surface area contributed by atoms with Crippen LogP contribution in [-0.4, -0.2) is 46.2 Å². The Hall–Kier alpha value is -2.59. The Morgan fingerprint density at radius 2 is 2.38 bits per heavy atom. The zero-order chi connectivity index (χ0) is 17.1.